The van der Waals surface area contributed by atoms with E-state index in [0.717, 1.165) is 39.2 Å². The highest BCUT2D eigenvalue weighted by molar-refractivity contribution is 6.01. The fraction of sp³-hybridized carbons (Fsp3) is 0.0545. The maximum absolute atomic E-state index is 5.40. The van der Waals surface area contributed by atoms with Crippen LogP contribution in [-0.4, -0.2) is 9.97 Å². The maximum atomic E-state index is 5.40. The molecule has 0 fully saturated rings. The van der Waals surface area contributed by atoms with Gasteiger partial charge in [0, 0.05) is 22.1 Å². The molecule has 2 nitrogen and oxygen atoms in total. The summed E-state index contributed by atoms with van der Waals surface area (Å²) in [5, 5.41) is 7.26. The molecule has 1 aliphatic carbocycles. The molecule has 0 saturated heterocycles. The summed E-state index contributed by atoms with van der Waals surface area (Å²) in [6, 6.07) is 70.1. The van der Waals surface area contributed by atoms with Crippen molar-refractivity contribution in [3.8, 4) is 67.3 Å². The van der Waals surface area contributed by atoms with Gasteiger partial charge in [0.15, 0.2) is 5.82 Å². The summed E-state index contributed by atoms with van der Waals surface area (Å²) in [5.41, 5.74) is 14.9. The number of hydrogen-bond acceptors (Lipinski definition) is 2. The zero-order chi connectivity index (χ0) is 38.1. The van der Waals surface area contributed by atoms with Gasteiger partial charge in [-0.25, -0.2) is 9.97 Å². The molecule has 0 aliphatic heterocycles. The van der Waals surface area contributed by atoms with Gasteiger partial charge in [-0.3, -0.25) is 0 Å². The van der Waals surface area contributed by atoms with Crippen LogP contribution in [-0.2, 0) is 5.41 Å². The largest absolute Gasteiger partial charge is 0.228 e. The van der Waals surface area contributed by atoms with E-state index < -0.39 is 0 Å². The molecule has 0 atom stereocenters. The van der Waals surface area contributed by atoms with Crippen molar-refractivity contribution in [2.75, 3.05) is 0 Å². The lowest BCUT2D eigenvalue weighted by Crippen LogP contribution is -2.14. The average Bonchev–Trinajstić information content (AvgIpc) is 3.50. The van der Waals surface area contributed by atoms with Crippen molar-refractivity contribution < 1.29 is 0 Å². The van der Waals surface area contributed by atoms with Crippen molar-refractivity contribution in [2.45, 2.75) is 19.3 Å². The molecule has 2 heteroatoms. The van der Waals surface area contributed by atoms with E-state index in [1.165, 1.54) is 65.7 Å². The van der Waals surface area contributed by atoms with E-state index in [0.29, 0.717) is 5.82 Å². The van der Waals surface area contributed by atoms with E-state index in [1.807, 2.05) is 0 Å². The van der Waals surface area contributed by atoms with Crippen LogP contribution in [0.3, 0.4) is 0 Å². The highest BCUT2D eigenvalue weighted by Crippen LogP contribution is 2.53. The summed E-state index contributed by atoms with van der Waals surface area (Å²) in [7, 11) is 0. The van der Waals surface area contributed by atoms with E-state index in [-0.39, 0.29) is 5.41 Å². The number of nitrogens with zero attached hydrogens (tertiary/aromatic N) is 2. The second kappa shape index (κ2) is 13.0. The van der Waals surface area contributed by atoms with Gasteiger partial charge in [0.2, 0.25) is 0 Å². The fourth-order valence-electron chi connectivity index (χ4n) is 9.24. The molecule has 0 unspecified atom stereocenters. The Morgan fingerprint density at radius 3 is 1.47 bits per heavy atom. The summed E-state index contributed by atoms with van der Waals surface area (Å²) >= 11 is 0. The van der Waals surface area contributed by atoms with Crippen LogP contribution in [0.15, 0.2) is 194 Å². The van der Waals surface area contributed by atoms with Crippen LogP contribution in [0, 0.1) is 0 Å². The van der Waals surface area contributed by atoms with Crippen molar-refractivity contribution in [3.63, 3.8) is 0 Å². The lowest BCUT2D eigenvalue weighted by molar-refractivity contribution is 0.661. The van der Waals surface area contributed by atoms with Gasteiger partial charge in [-0.1, -0.05) is 184 Å². The van der Waals surface area contributed by atoms with Crippen molar-refractivity contribution in [3.05, 3.63) is 205 Å². The van der Waals surface area contributed by atoms with E-state index in [9.17, 15) is 0 Å². The molecular weight excluding hydrogens is 689 g/mol. The minimum Gasteiger partial charge on any atom is -0.228 e. The second-order valence-corrected chi connectivity index (χ2v) is 15.7. The van der Waals surface area contributed by atoms with E-state index >= 15 is 0 Å². The number of aromatic nitrogens is 2. The quantitative estimate of drug-likeness (QED) is 0.176. The predicted molar refractivity (Wildman–Crippen MR) is 239 cm³/mol. The van der Waals surface area contributed by atoms with Gasteiger partial charge >= 0.3 is 0 Å². The number of rotatable bonds is 5. The van der Waals surface area contributed by atoms with Crippen LogP contribution in [0.5, 0.6) is 0 Å². The van der Waals surface area contributed by atoms with Crippen molar-refractivity contribution in [1.29, 1.82) is 0 Å². The predicted octanol–water partition coefficient (Wildman–Crippen LogP) is 14.6. The first kappa shape index (κ1) is 33.2. The average molecular weight is 727 g/mol. The molecule has 0 N–H and O–H groups in total. The number of benzene rings is 9. The summed E-state index contributed by atoms with van der Waals surface area (Å²) in [4.78, 5) is 10.8. The van der Waals surface area contributed by atoms with E-state index in [4.69, 9.17) is 9.97 Å². The molecule has 1 heterocycles. The zero-order valence-electron chi connectivity index (χ0n) is 31.9. The first-order chi connectivity index (χ1) is 28.0. The molecule has 268 valence electrons. The molecule has 0 saturated carbocycles. The smallest absolute Gasteiger partial charge is 0.161 e. The molecule has 0 radical (unpaired) electrons. The summed E-state index contributed by atoms with van der Waals surface area (Å²) in [5.74, 6) is 0.701. The Morgan fingerprint density at radius 2 is 0.807 bits per heavy atom. The topological polar surface area (TPSA) is 25.8 Å². The standard InChI is InChI=1S/C55H38N2/c1-55(2)49-30-14-27-44(53(49)48-32-37-17-3-4-18-38(37)33-50(48)55)40-22-11-21-39(31-40)43-25-9-10-26-47(43)54-56-51(45-28-12-19-35-15-5-7-23-41(35)45)34-52(57-54)46-29-13-20-36-16-6-8-24-42(36)46/h3-34H,1-2H3. The highest BCUT2D eigenvalue weighted by Gasteiger charge is 2.37. The van der Waals surface area contributed by atoms with Gasteiger partial charge in [-0.15, -0.1) is 0 Å². The molecular formula is C55H38N2. The third kappa shape index (κ3) is 5.40. The third-order valence-corrected chi connectivity index (χ3v) is 12.1. The third-order valence-electron chi connectivity index (χ3n) is 12.1. The van der Waals surface area contributed by atoms with Crippen LogP contribution >= 0.6 is 0 Å². The first-order valence-corrected chi connectivity index (χ1v) is 19.7. The lowest BCUT2D eigenvalue weighted by Gasteiger charge is -2.22. The van der Waals surface area contributed by atoms with Gasteiger partial charge in [-0.05, 0) is 101 Å². The summed E-state index contributed by atoms with van der Waals surface area (Å²) < 4.78 is 0. The van der Waals surface area contributed by atoms with Crippen molar-refractivity contribution >= 4 is 32.3 Å². The highest BCUT2D eigenvalue weighted by atomic mass is 14.9. The Balaban J connectivity index is 1.10. The summed E-state index contributed by atoms with van der Waals surface area (Å²) in [6.07, 6.45) is 0. The molecule has 10 aromatic rings. The normalized spacial score (nSPS) is 12.9. The SMILES string of the molecule is CC1(C)c2cc3ccccc3cc2-c2c(-c3cccc(-c4ccccc4-c4nc(-c5cccc6ccccc56)cc(-c5cccc6ccccc56)n4)c3)cccc21. The van der Waals surface area contributed by atoms with Gasteiger partial charge < -0.3 is 0 Å². The first-order valence-electron chi connectivity index (χ1n) is 19.7. The zero-order valence-corrected chi connectivity index (χ0v) is 31.9. The Kier molecular flexibility index (Phi) is 7.55. The van der Waals surface area contributed by atoms with Crippen molar-refractivity contribution in [1.82, 2.24) is 9.97 Å². The Morgan fingerprint density at radius 1 is 0.333 bits per heavy atom. The molecule has 9 aromatic carbocycles. The van der Waals surface area contributed by atoms with Gasteiger partial charge in [-0.2, -0.15) is 0 Å². The minimum atomic E-state index is -0.108. The number of fused-ring (bicyclic) bond motifs is 6. The Hall–Kier alpha value is -7.16. The van der Waals surface area contributed by atoms with Crippen LogP contribution in [0.1, 0.15) is 25.0 Å². The molecule has 1 aromatic heterocycles. The fourth-order valence-corrected chi connectivity index (χ4v) is 9.24. The molecule has 11 rings (SSSR count). The monoisotopic (exact) mass is 726 g/mol. The van der Waals surface area contributed by atoms with E-state index in [2.05, 4.69) is 208 Å². The molecule has 1 aliphatic rings. The number of hydrogen-bond donors (Lipinski definition) is 0. The van der Waals surface area contributed by atoms with Crippen LogP contribution in [0.25, 0.3) is 99.6 Å². The maximum Gasteiger partial charge on any atom is 0.161 e. The molecule has 57 heavy (non-hydrogen) atoms. The summed E-state index contributed by atoms with van der Waals surface area (Å²) in [6.45, 7) is 4.73. The minimum absolute atomic E-state index is 0.108. The van der Waals surface area contributed by atoms with Crippen molar-refractivity contribution in [2.24, 2.45) is 0 Å². The molecule has 0 amide bonds. The molecule has 0 bridgehead atoms. The van der Waals surface area contributed by atoms with E-state index in [1.54, 1.807) is 0 Å². The van der Waals surface area contributed by atoms with Gasteiger partial charge in [0.1, 0.15) is 0 Å². The van der Waals surface area contributed by atoms with Crippen LogP contribution < -0.4 is 0 Å². The van der Waals surface area contributed by atoms with Gasteiger partial charge in [0.25, 0.3) is 0 Å². The molecule has 0 spiro atoms. The lowest BCUT2D eigenvalue weighted by atomic mass is 9.81. The van der Waals surface area contributed by atoms with Crippen LogP contribution in [0.4, 0.5) is 0 Å². The van der Waals surface area contributed by atoms with Crippen LogP contribution in [0.2, 0.25) is 0 Å². The Bertz CT molecular complexity index is 3120. The second-order valence-electron chi connectivity index (χ2n) is 15.7. The Labute approximate surface area is 332 Å². The van der Waals surface area contributed by atoms with Gasteiger partial charge in [0.05, 0.1) is 11.4 Å².